The number of carbonyl (C=O) groups is 1. The molecule has 21 heavy (non-hydrogen) atoms. The summed E-state index contributed by atoms with van der Waals surface area (Å²) in [5.41, 5.74) is 2.10. The second kappa shape index (κ2) is 7.29. The largest absolute Gasteiger partial charge is 0.326 e. The summed E-state index contributed by atoms with van der Waals surface area (Å²) in [4.78, 5) is 13.3. The van der Waals surface area contributed by atoms with Crippen LogP contribution in [0.4, 0.5) is 5.69 Å². The van der Waals surface area contributed by atoms with E-state index in [1.807, 2.05) is 31.3 Å². The van der Waals surface area contributed by atoms with E-state index in [0.717, 1.165) is 10.6 Å². The van der Waals surface area contributed by atoms with Crippen LogP contribution in [0.5, 0.6) is 0 Å². The Bertz CT molecular complexity index is 593. The molecule has 1 amide bonds. The molecule has 2 rings (SSSR count). The predicted octanol–water partition coefficient (Wildman–Crippen LogP) is 4.08. The molecular formula is C17H20N2OS. The van der Waals surface area contributed by atoms with Gasteiger partial charge in [0.2, 0.25) is 5.91 Å². The Morgan fingerprint density at radius 2 is 1.52 bits per heavy atom. The van der Waals surface area contributed by atoms with E-state index in [2.05, 4.69) is 41.8 Å². The number of nitrogens with one attached hydrogen (secondary N) is 2. The molecule has 0 fully saturated rings. The first-order valence-electron chi connectivity index (χ1n) is 6.91. The van der Waals surface area contributed by atoms with Crippen molar-refractivity contribution in [2.75, 3.05) is 12.4 Å². The first kappa shape index (κ1) is 15.6. The van der Waals surface area contributed by atoms with E-state index in [1.54, 1.807) is 11.8 Å². The normalized spacial score (nSPS) is 12.0. The molecule has 0 bridgehead atoms. The molecule has 0 heterocycles. The maximum atomic E-state index is 11.0. The molecule has 0 saturated heterocycles. The van der Waals surface area contributed by atoms with Crippen LogP contribution >= 0.6 is 11.8 Å². The molecule has 2 aromatic rings. The van der Waals surface area contributed by atoms with E-state index in [9.17, 15) is 4.79 Å². The number of rotatable bonds is 5. The van der Waals surface area contributed by atoms with Gasteiger partial charge in [-0.3, -0.25) is 4.79 Å². The lowest BCUT2D eigenvalue weighted by Crippen LogP contribution is -2.11. The van der Waals surface area contributed by atoms with Gasteiger partial charge >= 0.3 is 0 Å². The number of hydrogen-bond donors (Lipinski definition) is 2. The summed E-state index contributed by atoms with van der Waals surface area (Å²) in [6, 6.07) is 16.8. The summed E-state index contributed by atoms with van der Waals surface area (Å²) in [5.74, 6) is -0.0513. The molecule has 0 aliphatic heterocycles. The van der Waals surface area contributed by atoms with Gasteiger partial charge in [-0.2, -0.15) is 0 Å². The second-order valence-corrected chi connectivity index (χ2v) is 6.03. The van der Waals surface area contributed by atoms with E-state index in [4.69, 9.17) is 0 Å². The van der Waals surface area contributed by atoms with Gasteiger partial charge in [0.25, 0.3) is 0 Å². The van der Waals surface area contributed by atoms with E-state index in [1.165, 1.54) is 17.4 Å². The Hall–Kier alpha value is -1.78. The molecule has 1 unspecified atom stereocenters. The zero-order chi connectivity index (χ0) is 15.2. The van der Waals surface area contributed by atoms with Gasteiger partial charge in [0.15, 0.2) is 0 Å². The Morgan fingerprint density at radius 1 is 1.00 bits per heavy atom. The second-order valence-electron chi connectivity index (χ2n) is 4.89. The van der Waals surface area contributed by atoms with Crippen LogP contribution in [0.2, 0.25) is 0 Å². The quantitative estimate of drug-likeness (QED) is 0.874. The summed E-state index contributed by atoms with van der Waals surface area (Å²) >= 11 is 1.71. The van der Waals surface area contributed by atoms with E-state index >= 15 is 0 Å². The van der Waals surface area contributed by atoms with Crippen molar-refractivity contribution in [2.45, 2.75) is 29.7 Å². The van der Waals surface area contributed by atoms with Gasteiger partial charge in [0.1, 0.15) is 0 Å². The molecule has 0 aliphatic carbocycles. The lowest BCUT2D eigenvalue weighted by atomic mass is 10.1. The smallest absolute Gasteiger partial charge is 0.221 e. The molecule has 1 atom stereocenters. The third-order valence-electron chi connectivity index (χ3n) is 3.22. The Balaban J connectivity index is 2.02. The van der Waals surface area contributed by atoms with Crippen molar-refractivity contribution in [1.82, 2.24) is 5.32 Å². The molecule has 0 saturated carbocycles. The van der Waals surface area contributed by atoms with Gasteiger partial charge < -0.3 is 10.6 Å². The molecule has 2 N–H and O–H groups in total. The third-order valence-corrected chi connectivity index (χ3v) is 4.24. The molecule has 0 aromatic heterocycles. The molecule has 0 radical (unpaired) electrons. The summed E-state index contributed by atoms with van der Waals surface area (Å²) in [7, 11) is 1.96. The highest BCUT2D eigenvalue weighted by molar-refractivity contribution is 7.99. The van der Waals surface area contributed by atoms with E-state index < -0.39 is 0 Å². The van der Waals surface area contributed by atoms with Crippen LogP contribution in [-0.2, 0) is 4.79 Å². The molecule has 0 aliphatic rings. The summed E-state index contributed by atoms with van der Waals surface area (Å²) in [6.07, 6.45) is 0. The maximum Gasteiger partial charge on any atom is 0.221 e. The fraction of sp³-hybridized carbons (Fsp3) is 0.235. The number of benzene rings is 2. The van der Waals surface area contributed by atoms with E-state index in [-0.39, 0.29) is 5.91 Å². The van der Waals surface area contributed by atoms with E-state index in [0.29, 0.717) is 6.04 Å². The van der Waals surface area contributed by atoms with Crippen LogP contribution in [0, 0.1) is 0 Å². The van der Waals surface area contributed by atoms with Crippen LogP contribution in [0.25, 0.3) is 0 Å². The molecule has 0 spiro atoms. The van der Waals surface area contributed by atoms with Crippen molar-refractivity contribution in [1.29, 1.82) is 0 Å². The highest BCUT2D eigenvalue weighted by atomic mass is 32.2. The van der Waals surface area contributed by atoms with Crippen molar-refractivity contribution in [3.63, 3.8) is 0 Å². The number of anilines is 1. The Kier molecular flexibility index (Phi) is 5.42. The van der Waals surface area contributed by atoms with Gasteiger partial charge in [0, 0.05) is 28.4 Å². The minimum absolute atomic E-state index is 0.0513. The molecule has 4 heteroatoms. The zero-order valence-corrected chi connectivity index (χ0v) is 13.3. The summed E-state index contributed by atoms with van der Waals surface area (Å²) < 4.78 is 0. The Labute approximate surface area is 130 Å². The third kappa shape index (κ3) is 4.62. The zero-order valence-electron chi connectivity index (χ0n) is 12.5. The van der Waals surface area contributed by atoms with Gasteiger partial charge in [0.05, 0.1) is 0 Å². The van der Waals surface area contributed by atoms with Gasteiger partial charge in [-0.1, -0.05) is 23.9 Å². The van der Waals surface area contributed by atoms with Gasteiger partial charge in [-0.05, 0) is 55.9 Å². The number of amides is 1. The minimum Gasteiger partial charge on any atom is -0.326 e. The Morgan fingerprint density at radius 3 is 2.00 bits per heavy atom. The first-order valence-corrected chi connectivity index (χ1v) is 7.73. The standard InChI is InChI=1S/C17H20N2OS/c1-12(18-3)14-4-8-16(9-5-14)21-17-10-6-15(7-11-17)19-13(2)20/h4-12,18H,1-3H3,(H,19,20). The van der Waals surface area contributed by atoms with Crippen LogP contribution < -0.4 is 10.6 Å². The van der Waals surface area contributed by atoms with Crippen molar-refractivity contribution < 1.29 is 4.79 Å². The average Bonchev–Trinajstić information content (AvgIpc) is 2.49. The minimum atomic E-state index is -0.0513. The van der Waals surface area contributed by atoms with Crippen LogP contribution in [-0.4, -0.2) is 13.0 Å². The van der Waals surface area contributed by atoms with Crippen molar-refractivity contribution in [2.24, 2.45) is 0 Å². The topological polar surface area (TPSA) is 41.1 Å². The van der Waals surface area contributed by atoms with Gasteiger partial charge in [-0.15, -0.1) is 0 Å². The fourth-order valence-electron chi connectivity index (χ4n) is 1.94. The average molecular weight is 300 g/mol. The first-order chi connectivity index (χ1) is 10.1. The predicted molar refractivity (Wildman–Crippen MR) is 88.8 cm³/mol. The summed E-state index contributed by atoms with van der Waals surface area (Å²) in [6.45, 7) is 3.65. The molecule has 3 nitrogen and oxygen atoms in total. The summed E-state index contributed by atoms with van der Waals surface area (Å²) in [5, 5.41) is 6.00. The maximum absolute atomic E-state index is 11.0. The highest BCUT2D eigenvalue weighted by Gasteiger charge is 2.03. The monoisotopic (exact) mass is 300 g/mol. The lowest BCUT2D eigenvalue weighted by molar-refractivity contribution is -0.114. The SMILES string of the molecule is CNC(C)c1ccc(Sc2ccc(NC(C)=O)cc2)cc1. The molecular weight excluding hydrogens is 280 g/mol. The fourth-order valence-corrected chi connectivity index (χ4v) is 2.75. The van der Waals surface area contributed by atoms with Gasteiger partial charge in [-0.25, -0.2) is 0 Å². The number of carbonyl (C=O) groups excluding carboxylic acids is 1. The van der Waals surface area contributed by atoms with Crippen LogP contribution in [0.1, 0.15) is 25.5 Å². The lowest BCUT2D eigenvalue weighted by Gasteiger charge is -2.11. The molecule has 110 valence electrons. The van der Waals surface area contributed by atoms with Crippen molar-refractivity contribution in [3.8, 4) is 0 Å². The highest BCUT2D eigenvalue weighted by Crippen LogP contribution is 2.29. The van der Waals surface area contributed by atoms with Crippen LogP contribution in [0.15, 0.2) is 58.3 Å². The van der Waals surface area contributed by atoms with Crippen molar-refractivity contribution >= 4 is 23.4 Å². The molecule has 2 aromatic carbocycles. The van der Waals surface area contributed by atoms with Crippen molar-refractivity contribution in [3.05, 3.63) is 54.1 Å². The number of hydrogen-bond acceptors (Lipinski definition) is 3. The van der Waals surface area contributed by atoms with Crippen LogP contribution in [0.3, 0.4) is 0 Å².